The molecule has 0 radical (unpaired) electrons. The van der Waals surface area contributed by atoms with Crippen molar-refractivity contribution in [3.8, 4) is 0 Å². The van der Waals surface area contributed by atoms with E-state index < -0.39 is 30.2 Å². The zero-order valence-corrected chi connectivity index (χ0v) is 14.3. The molecule has 0 bridgehead atoms. The number of aromatic nitrogens is 4. The summed E-state index contributed by atoms with van der Waals surface area (Å²) >= 11 is 0. The van der Waals surface area contributed by atoms with Crippen LogP contribution in [0, 0.1) is 0 Å². The van der Waals surface area contributed by atoms with E-state index in [2.05, 4.69) is 25.7 Å². The lowest BCUT2D eigenvalue weighted by Gasteiger charge is -2.20. The van der Waals surface area contributed by atoms with Crippen molar-refractivity contribution >= 4 is 17.5 Å². The van der Waals surface area contributed by atoms with Gasteiger partial charge >= 0.3 is 6.18 Å². The van der Waals surface area contributed by atoms with Crippen molar-refractivity contribution in [1.82, 2.24) is 19.7 Å². The molecule has 10 heteroatoms. The van der Waals surface area contributed by atoms with Crippen LogP contribution in [0.2, 0.25) is 0 Å². The second-order valence-corrected chi connectivity index (χ2v) is 5.77. The van der Waals surface area contributed by atoms with E-state index in [0.717, 1.165) is 0 Å². The third kappa shape index (κ3) is 4.53. The Balaban J connectivity index is 1.93. The Kier molecular flexibility index (Phi) is 5.26. The summed E-state index contributed by atoms with van der Waals surface area (Å²) in [7, 11) is 1.71. The minimum absolute atomic E-state index is 0.0248. The summed E-state index contributed by atoms with van der Waals surface area (Å²) in [5.41, 5.74) is 0.145. The predicted octanol–water partition coefficient (Wildman–Crippen LogP) is 3.12. The van der Waals surface area contributed by atoms with Gasteiger partial charge in [0.05, 0.1) is 24.5 Å². The fourth-order valence-corrected chi connectivity index (χ4v) is 2.46. The number of alkyl halides is 3. The third-order valence-corrected chi connectivity index (χ3v) is 3.75. The molecule has 0 unspecified atom stereocenters. The highest BCUT2D eigenvalue weighted by atomic mass is 19.4. The van der Waals surface area contributed by atoms with Crippen LogP contribution in [-0.2, 0) is 13.2 Å². The smallest absolute Gasteiger partial charge is 0.394 e. The summed E-state index contributed by atoms with van der Waals surface area (Å²) in [6.45, 7) is -0.406. The van der Waals surface area contributed by atoms with Gasteiger partial charge in [-0.2, -0.15) is 23.3 Å². The topological polar surface area (TPSA) is 87.9 Å². The Bertz CT molecular complexity index is 897. The van der Waals surface area contributed by atoms with Crippen molar-refractivity contribution in [1.29, 1.82) is 0 Å². The molecule has 0 aliphatic carbocycles. The van der Waals surface area contributed by atoms with Crippen LogP contribution in [0.5, 0.6) is 0 Å². The molecule has 0 amide bonds. The second-order valence-electron chi connectivity index (χ2n) is 5.77. The maximum atomic E-state index is 13.4. The molecule has 27 heavy (non-hydrogen) atoms. The molecule has 0 saturated heterocycles. The highest BCUT2D eigenvalue weighted by Gasteiger charge is 2.36. The van der Waals surface area contributed by atoms with Gasteiger partial charge in [0.2, 0.25) is 5.95 Å². The molecular weight excluding hydrogens is 361 g/mol. The molecule has 1 aromatic carbocycles. The van der Waals surface area contributed by atoms with Crippen molar-refractivity contribution in [2.24, 2.45) is 7.05 Å². The lowest BCUT2D eigenvalue weighted by atomic mass is 10.1. The van der Waals surface area contributed by atoms with E-state index in [4.69, 9.17) is 0 Å². The number of aliphatic hydroxyl groups excluding tert-OH is 1. The average molecular weight is 378 g/mol. The van der Waals surface area contributed by atoms with Crippen molar-refractivity contribution in [3.05, 3.63) is 60.0 Å². The van der Waals surface area contributed by atoms with E-state index in [-0.39, 0.29) is 5.95 Å². The van der Waals surface area contributed by atoms with E-state index in [0.29, 0.717) is 17.4 Å². The normalized spacial score (nSPS) is 12.6. The molecule has 142 valence electrons. The monoisotopic (exact) mass is 378 g/mol. The average Bonchev–Trinajstić information content (AvgIpc) is 3.04. The van der Waals surface area contributed by atoms with E-state index in [9.17, 15) is 18.3 Å². The number of anilines is 3. The number of halogens is 3. The number of hydrogen-bond donors (Lipinski definition) is 3. The molecule has 3 aromatic rings. The Hall–Kier alpha value is -3.14. The molecule has 0 saturated carbocycles. The maximum absolute atomic E-state index is 13.4. The third-order valence-electron chi connectivity index (χ3n) is 3.75. The lowest BCUT2D eigenvalue weighted by molar-refractivity contribution is -0.137. The van der Waals surface area contributed by atoms with E-state index >= 15 is 0 Å². The first kappa shape index (κ1) is 18.6. The highest BCUT2D eigenvalue weighted by Crippen LogP contribution is 2.35. The number of nitrogens with one attached hydrogen (secondary N) is 2. The Morgan fingerprint density at radius 1 is 1.19 bits per heavy atom. The molecule has 3 rings (SSSR count). The van der Waals surface area contributed by atoms with Gasteiger partial charge in [-0.15, -0.1) is 0 Å². The fraction of sp³-hybridized carbons (Fsp3) is 0.235. The van der Waals surface area contributed by atoms with Gasteiger partial charge in [0, 0.05) is 19.4 Å². The Morgan fingerprint density at radius 3 is 2.52 bits per heavy atom. The van der Waals surface area contributed by atoms with Gasteiger partial charge in [-0.25, -0.2) is 4.98 Å². The van der Waals surface area contributed by atoms with Gasteiger partial charge in [0.15, 0.2) is 0 Å². The zero-order chi connectivity index (χ0) is 19.4. The summed E-state index contributed by atoms with van der Waals surface area (Å²) in [6.07, 6.45) is -0.817. The summed E-state index contributed by atoms with van der Waals surface area (Å²) < 4.78 is 41.6. The summed E-state index contributed by atoms with van der Waals surface area (Å²) in [6, 6.07) is 7.90. The molecule has 0 spiro atoms. The fourth-order valence-electron chi connectivity index (χ4n) is 2.46. The number of benzene rings is 1. The molecule has 3 N–H and O–H groups in total. The number of rotatable bonds is 6. The van der Waals surface area contributed by atoms with Gasteiger partial charge < -0.3 is 15.7 Å². The highest BCUT2D eigenvalue weighted by molar-refractivity contribution is 5.55. The largest absolute Gasteiger partial charge is 0.421 e. The minimum atomic E-state index is -4.65. The van der Waals surface area contributed by atoms with Crippen LogP contribution in [-0.4, -0.2) is 31.5 Å². The van der Waals surface area contributed by atoms with E-state index in [1.54, 1.807) is 43.6 Å². The zero-order valence-electron chi connectivity index (χ0n) is 14.3. The van der Waals surface area contributed by atoms with Crippen LogP contribution in [0.25, 0.3) is 0 Å². The number of aryl methyl sites for hydroxylation is 1. The molecule has 2 aromatic heterocycles. The van der Waals surface area contributed by atoms with Crippen molar-refractivity contribution in [2.75, 3.05) is 17.2 Å². The van der Waals surface area contributed by atoms with Crippen LogP contribution in [0.15, 0.2) is 48.9 Å². The summed E-state index contributed by atoms with van der Waals surface area (Å²) in [4.78, 5) is 7.69. The van der Waals surface area contributed by atoms with Gasteiger partial charge in [-0.1, -0.05) is 30.3 Å². The lowest BCUT2D eigenvalue weighted by Crippen LogP contribution is -2.20. The molecule has 0 aliphatic heterocycles. The molecular formula is C17H17F3N6O. The van der Waals surface area contributed by atoms with E-state index in [1.165, 1.54) is 10.9 Å². The van der Waals surface area contributed by atoms with Crippen molar-refractivity contribution in [3.63, 3.8) is 0 Å². The van der Waals surface area contributed by atoms with Crippen LogP contribution in [0.4, 0.5) is 30.6 Å². The molecule has 7 nitrogen and oxygen atoms in total. The van der Waals surface area contributed by atoms with Gasteiger partial charge in [-0.3, -0.25) is 4.68 Å². The minimum Gasteiger partial charge on any atom is -0.394 e. The summed E-state index contributed by atoms with van der Waals surface area (Å²) in [5.74, 6) is -0.449. The SMILES string of the molecule is Cn1cc(Nc2ncc(C(F)(F)F)c(N[C@H](CO)c3ccccc3)n2)cn1. The van der Waals surface area contributed by atoms with E-state index in [1.807, 2.05) is 0 Å². The quantitative estimate of drug-likeness (QED) is 0.611. The van der Waals surface area contributed by atoms with Gasteiger partial charge in [0.25, 0.3) is 0 Å². The molecule has 0 fully saturated rings. The number of nitrogens with zero attached hydrogens (tertiary/aromatic N) is 4. The predicted molar refractivity (Wildman–Crippen MR) is 93.4 cm³/mol. The van der Waals surface area contributed by atoms with Gasteiger partial charge in [0.1, 0.15) is 11.4 Å². The number of aliphatic hydroxyl groups is 1. The number of hydrogen-bond acceptors (Lipinski definition) is 6. The molecule has 0 aliphatic rings. The first-order valence-electron chi connectivity index (χ1n) is 7.99. The van der Waals surface area contributed by atoms with Crippen LogP contribution < -0.4 is 10.6 Å². The van der Waals surface area contributed by atoms with Crippen LogP contribution in [0.3, 0.4) is 0 Å². The van der Waals surface area contributed by atoms with Crippen LogP contribution >= 0.6 is 0 Å². The maximum Gasteiger partial charge on any atom is 0.421 e. The molecule has 1 atom stereocenters. The van der Waals surface area contributed by atoms with Crippen molar-refractivity contribution < 1.29 is 18.3 Å². The summed E-state index contributed by atoms with van der Waals surface area (Å²) in [5, 5.41) is 19.1. The first-order valence-corrected chi connectivity index (χ1v) is 7.99. The van der Waals surface area contributed by atoms with Gasteiger partial charge in [-0.05, 0) is 5.56 Å². The Morgan fingerprint density at radius 2 is 1.93 bits per heavy atom. The second kappa shape index (κ2) is 7.62. The first-order chi connectivity index (χ1) is 12.9. The van der Waals surface area contributed by atoms with Crippen LogP contribution in [0.1, 0.15) is 17.2 Å². The standard InChI is InChI=1S/C17H17F3N6O/c1-26-9-12(7-22-26)23-16-21-8-13(17(18,19)20)15(25-16)24-14(10-27)11-5-3-2-4-6-11/h2-9,14,27H,10H2,1H3,(H2,21,23,24,25)/t14-/m1/s1. The van der Waals surface area contributed by atoms with Crippen molar-refractivity contribution in [2.45, 2.75) is 12.2 Å². The molecule has 2 heterocycles. The Labute approximate surface area is 152 Å².